The van der Waals surface area contributed by atoms with E-state index in [0.29, 0.717) is 23.7 Å². The molecule has 12 heteroatoms. The molecule has 1 N–H and O–H groups in total. The fraction of sp³-hybridized carbons (Fsp3) is 0.425. The highest BCUT2D eigenvalue weighted by Gasteiger charge is 2.46. The number of fused-ring (bicyclic) bond motifs is 6. The van der Waals surface area contributed by atoms with E-state index in [4.69, 9.17) is 14.7 Å². The summed E-state index contributed by atoms with van der Waals surface area (Å²) in [5.74, 6) is 0.525. The maximum Gasteiger partial charge on any atom is 0.264 e. The lowest BCUT2D eigenvalue weighted by Crippen LogP contribution is -2.49. The predicted molar refractivity (Wildman–Crippen MR) is 200 cm³/mol. The van der Waals surface area contributed by atoms with Crippen molar-refractivity contribution in [1.82, 2.24) is 29.4 Å². The van der Waals surface area contributed by atoms with Crippen molar-refractivity contribution in [3.05, 3.63) is 88.9 Å². The summed E-state index contributed by atoms with van der Waals surface area (Å²) >= 11 is 0. The van der Waals surface area contributed by atoms with E-state index >= 15 is 4.79 Å². The van der Waals surface area contributed by atoms with Gasteiger partial charge in [0.1, 0.15) is 12.1 Å². The van der Waals surface area contributed by atoms with E-state index in [-0.39, 0.29) is 52.2 Å². The Bertz CT molecular complexity index is 2310. The van der Waals surface area contributed by atoms with Gasteiger partial charge in [0.15, 0.2) is 5.65 Å². The van der Waals surface area contributed by atoms with E-state index in [1.165, 1.54) is 12.1 Å². The number of hydrogen-bond donors (Lipinski definition) is 1. The van der Waals surface area contributed by atoms with Crippen LogP contribution in [-0.2, 0) is 22.5 Å². The van der Waals surface area contributed by atoms with Crippen LogP contribution in [0.25, 0.3) is 22.4 Å². The summed E-state index contributed by atoms with van der Waals surface area (Å²) < 4.78 is 39.0. The summed E-state index contributed by atoms with van der Waals surface area (Å²) in [5, 5.41) is 0. The number of carbonyl (C=O) groups is 1. The molecular weight excluding hydrogens is 675 g/mol. The van der Waals surface area contributed by atoms with Crippen LogP contribution in [0.4, 0.5) is 5.95 Å². The first-order valence-corrected chi connectivity index (χ1v) is 19.6. The fourth-order valence-corrected chi connectivity index (χ4v) is 9.32. The van der Waals surface area contributed by atoms with E-state index in [9.17, 15) is 8.42 Å². The van der Waals surface area contributed by atoms with Gasteiger partial charge in [-0.2, -0.15) is 4.98 Å². The highest BCUT2D eigenvalue weighted by atomic mass is 32.2. The number of benzene rings is 2. The van der Waals surface area contributed by atoms with Gasteiger partial charge in [0.2, 0.25) is 11.8 Å². The number of ether oxygens (including phenoxy) is 1. The Morgan fingerprint density at radius 2 is 1.67 bits per heavy atom. The summed E-state index contributed by atoms with van der Waals surface area (Å²) in [6.07, 6.45) is 6.54. The van der Waals surface area contributed by atoms with Gasteiger partial charge >= 0.3 is 0 Å². The number of hydrogen-bond acceptors (Lipinski definition) is 8. The third-order valence-corrected chi connectivity index (χ3v) is 12.3. The van der Waals surface area contributed by atoms with Crippen LogP contribution in [0.3, 0.4) is 0 Å². The molecule has 4 bridgehead atoms. The smallest absolute Gasteiger partial charge is 0.264 e. The van der Waals surface area contributed by atoms with Gasteiger partial charge in [0.25, 0.3) is 15.9 Å². The highest BCUT2D eigenvalue weighted by Crippen LogP contribution is 2.47. The average Bonchev–Trinajstić information content (AvgIpc) is 3.90. The van der Waals surface area contributed by atoms with Gasteiger partial charge in [-0.25, -0.2) is 23.1 Å². The molecule has 52 heavy (non-hydrogen) atoms. The van der Waals surface area contributed by atoms with Crippen LogP contribution in [0.2, 0.25) is 0 Å². The largest absolute Gasteiger partial charge is 0.475 e. The Labute approximate surface area is 304 Å². The molecule has 1 aliphatic carbocycles. The number of anilines is 1. The van der Waals surface area contributed by atoms with Crippen LogP contribution in [0, 0.1) is 25.7 Å². The van der Waals surface area contributed by atoms with Crippen LogP contribution in [-0.4, -0.2) is 56.4 Å². The number of rotatable bonds is 3. The molecule has 270 valence electrons. The number of carbonyl (C=O) groups excluding carboxylic acids is 1. The molecule has 5 heterocycles. The summed E-state index contributed by atoms with van der Waals surface area (Å²) in [5.41, 5.74) is 6.99. The highest BCUT2D eigenvalue weighted by molar-refractivity contribution is 7.92. The van der Waals surface area contributed by atoms with Gasteiger partial charge in [-0.3, -0.25) is 9.78 Å². The van der Waals surface area contributed by atoms with Gasteiger partial charge in [0.05, 0.1) is 34.6 Å². The van der Waals surface area contributed by atoms with E-state index in [2.05, 4.69) is 46.1 Å². The van der Waals surface area contributed by atoms with Gasteiger partial charge in [0, 0.05) is 35.3 Å². The Hall–Kier alpha value is -4.84. The summed E-state index contributed by atoms with van der Waals surface area (Å²) in [7, 11) is -2.17. The summed E-state index contributed by atoms with van der Waals surface area (Å²) in [4.78, 5) is 36.2. The maximum absolute atomic E-state index is 15.0. The zero-order valence-corrected chi connectivity index (χ0v) is 31.4. The van der Waals surface area contributed by atoms with Gasteiger partial charge in [-0.1, -0.05) is 51.5 Å². The van der Waals surface area contributed by atoms with E-state index in [1.54, 1.807) is 18.2 Å². The minimum absolute atomic E-state index is 0.0532. The van der Waals surface area contributed by atoms with Gasteiger partial charge in [-0.15, -0.1) is 0 Å². The van der Waals surface area contributed by atoms with Crippen LogP contribution in [0.5, 0.6) is 5.88 Å². The second kappa shape index (κ2) is 12.7. The van der Waals surface area contributed by atoms with Crippen LogP contribution in [0.1, 0.15) is 91.8 Å². The van der Waals surface area contributed by atoms with Crippen LogP contribution in [0.15, 0.2) is 65.7 Å². The minimum Gasteiger partial charge on any atom is -0.475 e. The van der Waals surface area contributed by atoms with Crippen molar-refractivity contribution in [2.75, 3.05) is 11.3 Å². The third-order valence-electron chi connectivity index (χ3n) is 11.0. The van der Waals surface area contributed by atoms with Crippen LogP contribution >= 0.6 is 0 Å². The Morgan fingerprint density at radius 3 is 2.40 bits per heavy atom. The number of aryl methyl sites for hydroxylation is 3. The normalized spacial score (nSPS) is 21.9. The topological polar surface area (TPSA) is 132 Å². The lowest BCUT2D eigenvalue weighted by atomic mass is 9.90. The molecule has 0 unspecified atom stereocenters. The van der Waals surface area contributed by atoms with Gasteiger partial charge in [-0.05, 0) is 86.8 Å². The molecule has 2 fully saturated rings. The van der Waals surface area contributed by atoms with Gasteiger partial charge < -0.3 is 14.2 Å². The average molecular weight is 720 g/mol. The molecule has 3 atom stereocenters. The standard InChI is InChI=1S/C40H45N7O4S/c1-23-10-7-11-24(2)36(23)29-20-35-44-39(43-29)45-52(49,50)27-13-8-12-26(18-27)38(48)47-32(15-9-14-28(25-16-17-25)33(47)22-51-35)31-21-41-30-19-34(40(3,4)5)46(6)37(30)42-31/h7-8,10-13,18-21,25,28,32-33H,9,14-17,22H2,1-6H3,(H,43,44,45)/t28-,32-,33-/m0/s1. The van der Waals surface area contributed by atoms with Crippen molar-refractivity contribution in [2.45, 2.75) is 89.1 Å². The predicted octanol–water partition coefficient (Wildman–Crippen LogP) is 7.30. The lowest BCUT2D eigenvalue weighted by molar-refractivity contribution is 0.0352. The lowest BCUT2D eigenvalue weighted by Gasteiger charge is -2.39. The number of nitrogens with zero attached hydrogens (tertiary/aromatic N) is 6. The minimum atomic E-state index is -4.18. The number of nitrogens with one attached hydrogen (secondary N) is 1. The van der Waals surface area contributed by atoms with Crippen molar-refractivity contribution in [3.8, 4) is 17.1 Å². The molecule has 8 rings (SSSR count). The third kappa shape index (κ3) is 6.20. The molecule has 3 aliphatic rings. The molecule has 11 nitrogen and oxygen atoms in total. The van der Waals surface area contributed by atoms with Crippen molar-refractivity contribution in [1.29, 1.82) is 0 Å². The van der Waals surface area contributed by atoms with E-state index < -0.39 is 16.1 Å². The number of amides is 1. The molecular formula is C40H45N7O4S. The quantitative estimate of drug-likeness (QED) is 0.206. The first kappa shape index (κ1) is 34.3. The Kier molecular flexibility index (Phi) is 8.35. The molecule has 1 saturated heterocycles. The molecule has 2 aliphatic heterocycles. The Balaban J connectivity index is 1.30. The molecule has 3 aromatic heterocycles. The first-order chi connectivity index (χ1) is 24.8. The maximum atomic E-state index is 15.0. The molecule has 1 saturated carbocycles. The summed E-state index contributed by atoms with van der Waals surface area (Å²) in [6, 6.07) is 15.3. The number of sulfonamides is 1. The second-order valence-electron chi connectivity index (χ2n) is 15.7. The van der Waals surface area contributed by atoms with E-state index in [1.807, 2.05) is 50.2 Å². The molecule has 1 amide bonds. The fourth-order valence-electron chi connectivity index (χ4n) is 8.33. The van der Waals surface area contributed by atoms with E-state index in [0.717, 1.165) is 59.2 Å². The zero-order valence-electron chi connectivity index (χ0n) is 30.6. The van der Waals surface area contributed by atoms with Crippen LogP contribution < -0.4 is 9.46 Å². The molecule has 0 radical (unpaired) electrons. The van der Waals surface area contributed by atoms with Crippen molar-refractivity contribution in [2.24, 2.45) is 18.9 Å². The van der Waals surface area contributed by atoms with Crippen molar-refractivity contribution in [3.63, 3.8) is 0 Å². The monoisotopic (exact) mass is 719 g/mol. The molecule has 5 aromatic rings. The van der Waals surface area contributed by atoms with Crippen molar-refractivity contribution >= 4 is 33.0 Å². The molecule has 0 spiro atoms. The van der Waals surface area contributed by atoms with Crippen molar-refractivity contribution < 1.29 is 17.9 Å². The molecule has 2 aromatic carbocycles. The Morgan fingerprint density at radius 1 is 0.923 bits per heavy atom. The first-order valence-electron chi connectivity index (χ1n) is 18.2. The number of aromatic nitrogens is 5. The SMILES string of the molecule is Cc1cccc(C)c1-c1cc2nc(n1)NS(=O)(=O)c1cccc(c1)C(=O)N1[C@H](c3cnc4cc(C(C)(C)C)n(C)c4n3)CCC[C@@H](C3CC3)[C@@H]1CO2. The second-order valence-corrected chi connectivity index (χ2v) is 17.4. The zero-order chi connectivity index (χ0) is 36.5. The summed E-state index contributed by atoms with van der Waals surface area (Å²) in [6.45, 7) is 10.7.